The van der Waals surface area contributed by atoms with Crippen LogP contribution in [-0.2, 0) is 9.59 Å². The monoisotopic (exact) mass is 546 g/mol. The van der Waals surface area contributed by atoms with E-state index in [1.165, 1.54) is 0 Å². The molecule has 0 spiro atoms. The van der Waals surface area contributed by atoms with E-state index in [-0.39, 0.29) is 23.1 Å². The van der Waals surface area contributed by atoms with Crippen LogP contribution in [0, 0.1) is 0 Å². The standard InChI is InChI=1S/C36H22N2O4/c39-21-13-9-19(10-14-21)17-25-33-29(23-5-1-3-7-27(23)37-33)31(35(25)41)32-30-24-6-2-4-8-28(24)38-34(30)26(36(32)42)18-20-11-15-22(40)16-12-20/h1-18,33,37,39-40H/b25-17+,26-18+. The molecule has 42 heavy (non-hydrogen) atoms. The highest BCUT2D eigenvalue weighted by molar-refractivity contribution is 6.58. The number of aromatic hydroxyl groups is 2. The number of benzene rings is 4. The molecule has 6 heteroatoms. The molecule has 4 aliphatic rings. The summed E-state index contributed by atoms with van der Waals surface area (Å²) in [7, 11) is 0. The molecule has 0 saturated heterocycles. The molecular formula is C36H22N2O4. The zero-order valence-electron chi connectivity index (χ0n) is 22.1. The van der Waals surface area contributed by atoms with Crippen LogP contribution in [0.5, 0.6) is 11.5 Å². The number of para-hydroxylation sites is 2. The number of rotatable bonds is 3. The van der Waals surface area contributed by atoms with Gasteiger partial charge in [0.15, 0.2) is 11.6 Å². The Morgan fingerprint density at radius 1 is 0.643 bits per heavy atom. The van der Waals surface area contributed by atoms with Gasteiger partial charge in [-0.2, -0.15) is 0 Å². The van der Waals surface area contributed by atoms with Gasteiger partial charge in [-0.05, 0) is 59.7 Å². The average Bonchev–Trinajstić information content (AvgIpc) is 3.70. The van der Waals surface area contributed by atoms with Gasteiger partial charge in [-0.1, -0.05) is 60.7 Å². The number of hydrogen-bond acceptors (Lipinski definition) is 6. The second-order valence-electron chi connectivity index (χ2n) is 10.6. The van der Waals surface area contributed by atoms with E-state index in [9.17, 15) is 19.8 Å². The maximum absolute atomic E-state index is 14.4. The van der Waals surface area contributed by atoms with Crippen molar-refractivity contribution in [1.29, 1.82) is 0 Å². The Bertz CT molecular complexity index is 2040. The summed E-state index contributed by atoms with van der Waals surface area (Å²) >= 11 is 0. The van der Waals surface area contributed by atoms with E-state index in [1.54, 1.807) is 54.6 Å². The van der Waals surface area contributed by atoms with E-state index < -0.39 is 6.04 Å². The second kappa shape index (κ2) is 8.88. The normalized spacial score (nSPS) is 20.2. The number of carbonyl (C=O) groups excluding carboxylic acids is 2. The third-order valence-corrected chi connectivity index (χ3v) is 8.16. The molecule has 0 fully saturated rings. The summed E-state index contributed by atoms with van der Waals surface area (Å²) in [6, 6.07) is 28.4. The van der Waals surface area contributed by atoms with Crippen molar-refractivity contribution in [2.45, 2.75) is 6.04 Å². The molecule has 2 aliphatic heterocycles. The Kier molecular flexibility index (Phi) is 5.09. The van der Waals surface area contributed by atoms with Crippen molar-refractivity contribution in [1.82, 2.24) is 0 Å². The smallest absolute Gasteiger partial charge is 0.196 e. The molecule has 8 rings (SSSR count). The number of nitrogens with zero attached hydrogens (tertiary/aromatic N) is 1. The number of phenolic OH excluding ortho intramolecular Hbond substituents is 2. The summed E-state index contributed by atoms with van der Waals surface area (Å²) < 4.78 is 0. The second-order valence-corrected chi connectivity index (χ2v) is 10.6. The van der Waals surface area contributed by atoms with E-state index >= 15 is 0 Å². The van der Waals surface area contributed by atoms with Crippen LogP contribution < -0.4 is 5.32 Å². The highest BCUT2D eigenvalue weighted by Gasteiger charge is 2.49. The van der Waals surface area contributed by atoms with Gasteiger partial charge in [-0.3, -0.25) is 9.59 Å². The Labute approximate surface area is 241 Å². The number of ketones is 2. The molecule has 3 N–H and O–H groups in total. The van der Waals surface area contributed by atoms with Crippen molar-refractivity contribution in [2.75, 3.05) is 5.32 Å². The maximum atomic E-state index is 14.4. The minimum absolute atomic E-state index is 0.134. The fourth-order valence-electron chi connectivity index (χ4n) is 6.28. The molecule has 0 bridgehead atoms. The predicted molar refractivity (Wildman–Crippen MR) is 163 cm³/mol. The largest absolute Gasteiger partial charge is 0.508 e. The summed E-state index contributed by atoms with van der Waals surface area (Å²) in [4.78, 5) is 33.7. The van der Waals surface area contributed by atoms with Crippen LogP contribution >= 0.6 is 0 Å². The van der Waals surface area contributed by atoms with E-state index in [0.29, 0.717) is 33.6 Å². The molecule has 2 heterocycles. The Hall–Kier alpha value is -5.75. The topological polar surface area (TPSA) is 99.0 Å². The summed E-state index contributed by atoms with van der Waals surface area (Å²) in [5.74, 6) is -0.189. The van der Waals surface area contributed by atoms with E-state index in [0.717, 1.165) is 39.2 Å². The van der Waals surface area contributed by atoms with Crippen molar-refractivity contribution in [2.24, 2.45) is 4.99 Å². The van der Waals surface area contributed by atoms with Crippen LogP contribution in [0.1, 0.15) is 22.3 Å². The number of anilines is 1. The van der Waals surface area contributed by atoms with Gasteiger partial charge in [0, 0.05) is 50.3 Å². The number of carbonyl (C=O) groups is 2. The Balaban J connectivity index is 1.37. The first-order valence-corrected chi connectivity index (χ1v) is 13.6. The molecule has 6 nitrogen and oxygen atoms in total. The first-order valence-electron chi connectivity index (χ1n) is 13.6. The molecular weight excluding hydrogens is 524 g/mol. The molecule has 1 unspecified atom stereocenters. The lowest BCUT2D eigenvalue weighted by atomic mass is 9.91. The predicted octanol–water partition coefficient (Wildman–Crippen LogP) is 6.52. The number of fused-ring (bicyclic) bond motifs is 6. The molecule has 0 amide bonds. The number of Topliss-reactive ketones (excluding diaryl/α,β-unsaturated/α-hetero) is 2. The number of nitrogens with one attached hydrogen (secondary N) is 1. The molecule has 2 aliphatic carbocycles. The van der Waals surface area contributed by atoms with Gasteiger partial charge in [0.25, 0.3) is 0 Å². The van der Waals surface area contributed by atoms with Gasteiger partial charge in [-0.15, -0.1) is 0 Å². The Morgan fingerprint density at radius 2 is 1.26 bits per heavy atom. The van der Waals surface area contributed by atoms with Crippen molar-refractivity contribution in [3.8, 4) is 11.5 Å². The first kappa shape index (κ1) is 24.1. The number of hydrogen-bond donors (Lipinski definition) is 3. The van der Waals surface area contributed by atoms with Crippen LogP contribution in [0.15, 0.2) is 124 Å². The number of phenols is 2. The van der Waals surface area contributed by atoms with Crippen molar-refractivity contribution in [3.63, 3.8) is 0 Å². The fourth-order valence-corrected chi connectivity index (χ4v) is 6.28. The molecule has 4 aromatic rings. The molecule has 200 valence electrons. The quantitative estimate of drug-likeness (QED) is 0.254. The summed E-state index contributed by atoms with van der Waals surface area (Å²) in [5, 5.41) is 23.1. The van der Waals surface area contributed by atoms with Crippen LogP contribution in [-0.4, -0.2) is 33.5 Å². The molecule has 0 saturated carbocycles. The van der Waals surface area contributed by atoms with Crippen molar-refractivity contribution >= 4 is 52.0 Å². The third-order valence-electron chi connectivity index (χ3n) is 8.16. The maximum Gasteiger partial charge on any atom is 0.196 e. The van der Waals surface area contributed by atoms with Gasteiger partial charge < -0.3 is 15.5 Å². The SMILES string of the molecule is O=C1C(C2=C3c4ccccc4NC3/C(=C\c3ccc(O)cc3)C2=O)=C2C(=Nc3ccccc32)/C1=C\c1ccc(O)cc1. The lowest BCUT2D eigenvalue weighted by Gasteiger charge is -2.10. The lowest BCUT2D eigenvalue weighted by Crippen LogP contribution is -2.17. The third kappa shape index (κ3) is 3.48. The van der Waals surface area contributed by atoms with E-state index in [2.05, 4.69) is 5.32 Å². The van der Waals surface area contributed by atoms with Crippen LogP contribution in [0.3, 0.4) is 0 Å². The zero-order chi connectivity index (χ0) is 28.5. The molecule has 1 atom stereocenters. The number of aliphatic imine (C=N–C) groups is 1. The van der Waals surface area contributed by atoms with Gasteiger partial charge in [0.1, 0.15) is 11.5 Å². The molecule has 0 aromatic heterocycles. The molecule has 0 radical (unpaired) electrons. The van der Waals surface area contributed by atoms with Crippen LogP contribution in [0.25, 0.3) is 23.3 Å². The van der Waals surface area contributed by atoms with Gasteiger partial charge in [0.05, 0.1) is 17.4 Å². The van der Waals surface area contributed by atoms with Crippen molar-refractivity contribution in [3.05, 3.63) is 142 Å². The van der Waals surface area contributed by atoms with Crippen LogP contribution in [0.2, 0.25) is 0 Å². The molecule has 4 aromatic carbocycles. The van der Waals surface area contributed by atoms with E-state index in [4.69, 9.17) is 4.99 Å². The lowest BCUT2D eigenvalue weighted by molar-refractivity contribution is -0.114. The summed E-state index contributed by atoms with van der Waals surface area (Å²) in [6.07, 6.45) is 3.60. The average molecular weight is 547 g/mol. The number of allylic oxidation sites excluding steroid dienone is 4. The highest BCUT2D eigenvalue weighted by atomic mass is 16.3. The van der Waals surface area contributed by atoms with Gasteiger partial charge >= 0.3 is 0 Å². The minimum Gasteiger partial charge on any atom is -0.508 e. The Morgan fingerprint density at radius 3 is 1.98 bits per heavy atom. The summed E-state index contributed by atoms with van der Waals surface area (Å²) in [6.45, 7) is 0. The van der Waals surface area contributed by atoms with Gasteiger partial charge in [0.2, 0.25) is 0 Å². The van der Waals surface area contributed by atoms with Gasteiger partial charge in [-0.25, -0.2) is 4.99 Å². The minimum atomic E-state index is -0.429. The zero-order valence-corrected chi connectivity index (χ0v) is 22.1. The van der Waals surface area contributed by atoms with Crippen LogP contribution in [0.4, 0.5) is 11.4 Å². The summed E-state index contributed by atoms with van der Waals surface area (Å²) in [5.41, 5.74) is 8.57. The first-order chi connectivity index (χ1) is 20.5. The van der Waals surface area contributed by atoms with E-state index in [1.807, 2.05) is 54.6 Å². The fraction of sp³-hybridized carbons (Fsp3) is 0.0278. The van der Waals surface area contributed by atoms with Crippen molar-refractivity contribution < 1.29 is 19.8 Å². The highest BCUT2D eigenvalue weighted by Crippen LogP contribution is 2.53.